The van der Waals surface area contributed by atoms with Gasteiger partial charge in [0, 0.05) is 10.8 Å². The first-order chi connectivity index (χ1) is 11.7. The smallest absolute Gasteiger partial charge is 0.268 e. The molecule has 0 radical (unpaired) electrons. The predicted molar refractivity (Wildman–Crippen MR) is 91.8 cm³/mol. The summed E-state index contributed by atoms with van der Waals surface area (Å²) < 4.78 is 3.03. The Morgan fingerprint density at radius 3 is 2.00 bits per heavy atom. The molecule has 0 aliphatic carbocycles. The van der Waals surface area contributed by atoms with Crippen molar-refractivity contribution in [1.29, 1.82) is 5.26 Å². The number of nitrogens with zero attached hydrogens (tertiary/aromatic N) is 3. The number of fused-ring (bicyclic) bond motifs is 5. The Bertz CT molecular complexity index is 1450. The molecule has 5 aromatic rings. The predicted octanol–water partition coefficient (Wildman–Crippen LogP) is 2.53. The summed E-state index contributed by atoms with van der Waals surface area (Å²) in [5.74, 6) is 0. The molecule has 3 heterocycles. The fraction of sp³-hybridized carbons (Fsp3) is 0. The van der Waals surface area contributed by atoms with E-state index in [1.807, 2.05) is 42.5 Å². The fourth-order valence-corrected chi connectivity index (χ4v) is 3.52. The minimum atomic E-state index is -0.404. The highest BCUT2D eigenvalue weighted by Gasteiger charge is 2.19. The highest BCUT2D eigenvalue weighted by molar-refractivity contribution is 6.07. The molecule has 3 aromatic heterocycles. The Kier molecular flexibility index (Phi) is 2.25. The summed E-state index contributed by atoms with van der Waals surface area (Å²) in [7, 11) is 0. The fourth-order valence-electron chi connectivity index (χ4n) is 3.52. The zero-order chi connectivity index (χ0) is 16.4. The molecular formula is C19H9N3O2. The molecule has 0 saturated heterocycles. The van der Waals surface area contributed by atoms with Crippen molar-refractivity contribution >= 4 is 32.8 Å². The molecule has 112 valence electrons. The number of rotatable bonds is 0. The van der Waals surface area contributed by atoms with Crippen molar-refractivity contribution in [3.63, 3.8) is 0 Å². The van der Waals surface area contributed by atoms with E-state index in [1.165, 1.54) is 4.40 Å². The number of pyridine rings is 2. The van der Waals surface area contributed by atoms with E-state index < -0.39 is 5.56 Å². The van der Waals surface area contributed by atoms with Crippen LogP contribution in [-0.4, -0.2) is 8.80 Å². The highest BCUT2D eigenvalue weighted by atomic mass is 16.1. The Morgan fingerprint density at radius 1 is 0.750 bits per heavy atom. The Balaban J connectivity index is 2.35. The maximum Gasteiger partial charge on any atom is 0.274 e. The van der Waals surface area contributed by atoms with E-state index in [4.69, 9.17) is 0 Å². The van der Waals surface area contributed by atoms with E-state index in [1.54, 1.807) is 22.6 Å². The summed E-state index contributed by atoms with van der Waals surface area (Å²) >= 11 is 0. The topological polar surface area (TPSA) is 66.8 Å². The summed E-state index contributed by atoms with van der Waals surface area (Å²) in [5.41, 5.74) is 1.29. The minimum Gasteiger partial charge on any atom is -0.268 e. The second-order valence-corrected chi connectivity index (χ2v) is 5.72. The Labute approximate surface area is 134 Å². The molecule has 5 nitrogen and oxygen atoms in total. The molecule has 0 fully saturated rings. The molecule has 0 aliphatic heterocycles. The molecule has 0 N–H and O–H groups in total. The molecular weight excluding hydrogens is 302 g/mol. The summed E-state index contributed by atoms with van der Waals surface area (Å²) in [6, 6.07) is 18.1. The lowest BCUT2D eigenvalue weighted by atomic mass is 10.1. The molecule has 0 spiro atoms. The quantitative estimate of drug-likeness (QED) is 0.413. The van der Waals surface area contributed by atoms with Gasteiger partial charge in [-0.15, -0.1) is 0 Å². The van der Waals surface area contributed by atoms with E-state index in [-0.39, 0.29) is 11.1 Å². The van der Waals surface area contributed by atoms with Gasteiger partial charge in [-0.05, 0) is 29.7 Å². The number of hydrogen-bond acceptors (Lipinski definition) is 3. The van der Waals surface area contributed by atoms with Gasteiger partial charge in [-0.1, -0.05) is 30.3 Å². The summed E-state index contributed by atoms with van der Waals surface area (Å²) in [4.78, 5) is 25.7. The first kappa shape index (κ1) is 12.9. The maximum atomic E-state index is 13.0. The van der Waals surface area contributed by atoms with Crippen LogP contribution in [0.4, 0.5) is 0 Å². The molecule has 0 saturated carbocycles. The second-order valence-electron chi connectivity index (χ2n) is 5.72. The summed E-state index contributed by atoms with van der Waals surface area (Å²) in [6.07, 6.45) is 0. The van der Waals surface area contributed by atoms with Gasteiger partial charge in [0.25, 0.3) is 11.1 Å². The monoisotopic (exact) mass is 311 g/mol. The third kappa shape index (κ3) is 1.33. The van der Waals surface area contributed by atoms with Crippen LogP contribution in [0.2, 0.25) is 0 Å². The van der Waals surface area contributed by atoms with Gasteiger partial charge >= 0.3 is 0 Å². The van der Waals surface area contributed by atoms with Crippen molar-refractivity contribution in [1.82, 2.24) is 8.80 Å². The molecule has 0 amide bonds. The van der Waals surface area contributed by atoms with Gasteiger partial charge in [0.05, 0.1) is 11.0 Å². The van der Waals surface area contributed by atoms with Crippen LogP contribution in [0.3, 0.4) is 0 Å². The van der Waals surface area contributed by atoms with Crippen molar-refractivity contribution in [3.05, 3.63) is 80.9 Å². The van der Waals surface area contributed by atoms with Gasteiger partial charge in [-0.3, -0.25) is 18.4 Å². The zero-order valence-corrected chi connectivity index (χ0v) is 12.4. The number of nitriles is 1. The Hall–Kier alpha value is -3.65. The van der Waals surface area contributed by atoms with Crippen LogP contribution in [0, 0.1) is 11.3 Å². The lowest BCUT2D eigenvalue weighted by molar-refractivity contribution is 1.10. The number of imidazole rings is 1. The van der Waals surface area contributed by atoms with E-state index in [0.717, 1.165) is 10.8 Å². The standard InChI is InChI=1S/C19H9N3O2/c20-10-11-9-14-12-5-1-2-6-13(12)19(24)22-16-8-4-3-7-15(16)21(17(14)22)18(11)23/h1-9H. The van der Waals surface area contributed by atoms with Crippen LogP contribution in [0.5, 0.6) is 0 Å². The molecule has 24 heavy (non-hydrogen) atoms. The van der Waals surface area contributed by atoms with Crippen LogP contribution in [-0.2, 0) is 0 Å². The molecule has 0 atom stereocenters. The van der Waals surface area contributed by atoms with E-state index in [0.29, 0.717) is 22.1 Å². The second kappa shape index (κ2) is 4.21. The molecule has 0 unspecified atom stereocenters. The van der Waals surface area contributed by atoms with Crippen molar-refractivity contribution in [2.24, 2.45) is 0 Å². The van der Waals surface area contributed by atoms with Gasteiger partial charge in [-0.2, -0.15) is 5.26 Å². The molecule has 0 bridgehead atoms. The molecule has 5 rings (SSSR count). The number of aromatic nitrogens is 2. The largest absolute Gasteiger partial charge is 0.274 e. The van der Waals surface area contributed by atoms with Gasteiger partial charge < -0.3 is 0 Å². The molecule has 0 aliphatic rings. The minimum absolute atomic E-state index is 0.0644. The summed E-state index contributed by atoms with van der Waals surface area (Å²) in [5, 5.41) is 11.4. The highest BCUT2D eigenvalue weighted by Crippen LogP contribution is 2.27. The molecule has 5 heteroatoms. The lowest BCUT2D eigenvalue weighted by Gasteiger charge is -2.06. The third-order valence-corrected chi connectivity index (χ3v) is 4.52. The van der Waals surface area contributed by atoms with Gasteiger partial charge in [0.2, 0.25) is 0 Å². The lowest BCUT2D eigenvalue weighted by Crippen LogP contribution is -2.19. The third-order valence-electron chi connectivity index (χ3n) is 4.52. The maximum absolute atomic E-state index is 13.0. The van der Waals surface area contributed by atoms with Crippen LogP contribution in [0.25, 0.3) is 32.8 Å². The van der Waals surface area contributed by atoms with E-state index in [9.17, 15) is 14.9 Å². The van der Waals surface area contributed by atoms with E-state index >= 15 is 0 Å². The zero-order valence-electron chi connectivity index (χ0n) is 12.4. The first-order valence-electron chi connectivity index (χ1n) is 7.46. The summed E-state index contributed by atoms with van der Waals surface area (Å²) in [6.45, 7) is 0. The van der Waals surface area contributed by atoms with Gasteiger partial charge in [-0.25, -0.2) is 0 Å². The van der Waals surface area contributed by atoms with Crippen LogP contribution < -0.4 is 11.1 Å². The molecule has 2 aromatic carbocycles. The van der Waals surface area contributed by atoms with Crippen LogP contribution >= 0.6 is 0 Å². The van der Waals surface area contributed by atoms with E-state index in [2.05, 4.69) is 0 Å². The van der Waals surface area contributed by atoms with Crippen molar-refractivity contribution in [2.45, 2.75) is 0 Å². The van der Waals surface area contributed by atoms with Crippen molar-refractivity contribution in [3.8, 4) is 6.07 Å². The van der Waals surface area contributed by atoms with Crippen molar-refractivity contribution < 1.29 is 0 Å². The average molecular weight is 311 g/mol. The Morgan fingerprint density at radius 2 is 1.33 bits per heavy atom. The van der Waals surface area contributed by atoms with Gasteiger partial charge in [0.1, 0.15) is 17.3 Å². The number of para-hydroxylation sites is 2. The van der Waals surface area contributed by atoms with Crippen molar-refractivity contribution in [2.75, 3.05) is 0 Å². The average Bonchev–Trinajstić information content (AvgIpc) is 2.97. The normalized spacial score (nSPS) is 11.6. The SMILES string of the molecule is N#Cc1cc2c3ccccc3c(=O)n3c4ccccc4n(c1=O)c23. The number of hydrogen-bond donors (Lipinski definition) is 0. The van der Waals surface area contributed by atoms with Crippen LogP contribution in [0.1, 0.15) is 5.56 Å². The van der Waals surface area contributed by atoms with Gasteiger partial charge in [0.15, 0.2) is 0 Å². The number of benzene rings is 2. The first-order valence-corrected chi connectivity index (χ1v) is 7.46. The van der Waals surface area contributed by atoms with Crippen LogP contribution in [0.15, 0.2) is 64.2 Å².